The van der Waals surface area contributed by atoms with Crippen LogP contribution in [0.5, 0.6) is 0 Å². The van der Waals surface area contributed by atoms with E-state index in [-0.39, 0.29) is 5.69 Å². The summed E-state index contributed by atoms with van der Waals surface area (Å²) in [6.07, 6.45) is 4.88. The van der Waals surface area contributed by atoms with Crippen molar-refractivity contribution in [3.05, 3.63) is 34.9 Å². The van der Waals surface area contributed by atoms with E-state index in [0.717, 1.165) is 38.2 Å². The molecular formula is C14H16ClN3O2. The fraction of sp³-hybridized carbons (Fsp3) is 0.429. The van der Waals surface area contributed by atoms with E-state index in [9.17, 15) is 9.90 Å². The molecule has 106 valence electrons. The minimum atomic E-state index is -1.02. The molecule has 0 radical (unpaired) electrons. The molecule has 1 unspecified atom stereocenters. The molecule has 1 aliphatic heterocycles. The van der Waals surface area contributed by atoms with Crippen molar-refractivity contribution < 1.29 is 9.90 Å². The lowest BCUT2D eigenvalue weighted by Crippen LogP contribution is -2.31. The Hall–Kier alpha value is -1.59. The van der Waals surface area contributed by atoms with Gasteiger partial charge in [-0.15, -0.1) is 0 Å². The quantitative estimate of drug-likeness (QED) is 0.911. The summed E-state index contributed by atoms with van der Waals surface area (Å²) in [7, 11) is 0. The van der Waals surface area contributed by atoms with Gasteiger partial charge in [0.15, 0.2) is 5.69 Å². The summed E-state index contributed by atoms with van der Waals surface area (Å²) in [5, 5.41) is 13.1. The molecule has 6 heteroatoms. The van der Waals surface area contributed by atoms with Crippen LogP contribution in [0.3, 0.4) is 0 Å². The van der Waals surface area contributed by atoms with Crippen molar-refractivity contribution in [2.75, 3.05) is 13.1 Å². The third-order valence-electron chi connectivity index (χ3n) is 3.75. The van der Waals surface area contributed by atoms with Gasteiger partial charge < -0.3 is 14.8 Å². The first-order valence-electron chi connectivity index (χ1n) is 6.75. The number of fused-ring (bicyclic) bond motifs is 1. The molecule has 3 heterocycles. The SMILES string of the molecule is O=C(O)c1nc(CC2CCCNC2)n2ccc(Cl)cc12. The van der Waals surface area contributed by atoms with Gasteiger partial charge in [-0.1, -0.05) is 11.6 Å². The van der Waals surface area contributed by atoms with Crippen LogP contribution in [0.2, 0.25) is 5.02 Å². The highest BCUT2D eigenvalue weighted by Crippen LogP contribution is 2.22. The molecule has 2 aromatic rings. The highest BCUT2D eigenvalue weighted by molar-refractivity contribution is 6.31. The summed E-state index contributed by atoms with van der Waals surface area (Å²) in [6, 6.07) is 3.41. The number of piperidine rings is 1. The van der Waals surface area contributed by atoms with Crippen molar-refractivity contribution in [1.82, 2.24) is 14.7 Å². The van der Waals surface area contributed by atoms with E-state index >= 15 is 0 Å². The van der Waals surface area contributed by atoms with Crippen molar-refractivity contribution in [3.63, 3.8) is 0 Å². The normalized spacial score (nSPS) is 19.4. The summed E-state index contributed by atoms with van der Waals surface area (Å²) in [5.41, 5.74) is 0.634. The van der Waals surface area contributed by atoms with Gasteiger partial charge in [0.1, 0.15) is 5.82 Å². The van der Waals surface area contributed by atoms with E-state index in [2.05, 4.69) is 10.3 Å². The Labute approximate surface area is 121 Å². The Bertz CT molecular complexity index is 647. The van der Waals surface area contributed by atoms with Crippen LogP contribution in [0, 0.1) is 5.92 Å². The molecule has 0 saturated carbocycles. The average Bonchev–Trinajstić information content (AvgIpc) is 2.78. The number of carboxylic acids is 1. The summed E-state index contributed by atoms with van der Waals surface area (Å²) >= 11 is 5.95. The van der Waals surface area contributed by atoms with Gasteiger partial charge in [0.25, 0.3) is 0 Å². The van der Waals surface area contributed by atoms with Crippen LogP contribution in [0.1, 0.15) is 29.2 Å². The molecule has 0 aliphatic carbocycles. The van der Waals surface area contributed by atoms with E-state index < -0.39 is 5.97 Å². The van der Waals surface area contributed by atoms with Gasteiger partial charge in [0.05, 0.1) is 5.52 Å². The number of nitrogens with zero attached hydrogens (tertiary/aromatic N) is 2. The van der Waals surface area contributed by atoms with Crippen LogP contribution in [0.15, 0.2) is 18.3 Å². The molecule has 0 bridgehead atoms. The Kier molecular flexibility index (Phi) is 3.63. The molecule has 1 atom stereocenters. The maximum atomic E-state index is 11.3. The summed E-state index contributed by atoms with van der Waals surface area (Å²) in [6.45, 7) is 2.03. The van der Waals surface area contributed by atoms with Crippen LogP contribution in [0.25, 0.3) is 5.52 Å². The van der Waals surface area contributed by atoms with E-state index in [1.807, 2.05) is 4.40 Å². The number of carbonyl (C=O) groups is 1. The minimum absolute atomic E-state index is 0.0752. The number of hydrogen-bond donors (Lipinski definition) is 2. The van der Waals surface area contributed by atoms with Crippen molar-refractivity contribution >= 4 is 23.1 Å². The molecule has 0 spiro atoms. The zero-order valence-corrected chi connectivity index (χ0v) is 11.7. The first-order chi connectivity index (χ1) is 9.65. The molecule has 3 rings (SSSR count). The Morgan fingerprint density at radius 2 is 2.45 bits per heavy atom. The number of nitrogens with one attached hydrogen (secondary N) is 1. The summed E-state index contributed by atoms with van der Waals surface area (Å²) < 4.78 is 1.84. The number of carboxylic acid groups (broad SMARTS) is 1. The fourth-order valence-corrected chi connectivity index (χ4v) is 2.94. The number of halogens is 1. The molecule has 0 aromatic carbocycles. The lowest BCUT2D eigenvalue weighted by atomic mass is 9.96. The molecule has 1 aliphatic rings. The van der Waals surface area contributed by atoms with E-state index in [1.54, 1.807) is 18.3 Å². The van der Waals surface area contributed by atoms with Crippen LogP contribution >= 0.6 is 11.6 Å². The highest BCUT2D eigenvalue weighted by Gasteiger charge is 2.20. The van der Waals surface area contributed by atoms with Gasteiger partial charge in [0.2, 0.25) is 0 Å². The topological polar surface area (TPSA) is 66.6 Å². The zero-order valence-electron chi connectivity index (χ0n) is 11.0. The molecule has 2 N–H and O–H groups in total. The highest BCUT2D eigenvalue weighted by atomic mass is 35.5. The Morgan fingerprint density at radius 1 is 1.60 bits per heavy atom. The lowest BCUT2D eigenvalue weighted by molar-refractivity contribution is 0.0693. The summed E-state index contributed by atoms with van der Waals surface area (Å²) in [5.74, 6) is 0.284. The predicted octanol–water partition coefficient (Wildman–Crippen LogP) is 2.23. The fourth-order valence-electron chi connectivity index (χ4n) is 2.78. The maximum Gasteiger partial charge on any atom is 0.356 e. The van der Waals surface area contributed by atoms with Gasteiger partial charge in [-0.3, -0.25) is 0 Å². The van der Waals surface area contributed by atoms with Gasteiger partial charge >= 0.3 is 5.97 Å². The van der Waals surface area contributed by atoms with Crippen molar-refractivity contribution in [2.45, 2.75) is 19.3 Å². The number of imidazole rings is 1. The lowest BCUT2D eigenvalue weighted by Gasteiger charge is -2.21. The predicted molar refractivity (Wildman–Crippen MR) is 76.5 cm³/mol. The van der Waals surface area contributed by atoms with Crippen LogP contribution in [-0.4, -0.2) is 33.6 Å². The molecule has 2 aromatic heterocycles. The Balaban J connectivity index is 1.99. The zero-order chi connectivity index (χ0) is 14.1. The molecule has 1 fully saturated rings. The van der Waals surface area contributed by atoms with Gasteiger partial charge in [-0.2, -0.15) is 0 Å². The second kappa shape index (κ2) is 5.42. The van der Waals surface area contributed by atoms with Crippen molar-refractivity contribution in [2.24, 2.45) is 5.92 Å². The number of aromatic carboxylic acids is 1. The number of aromatic nitrogens is 2. The van der Waals surface area contributed by atoms with E-state index in [4.69, 9.17) is 11.6 Å². The first kappa shape index (κ1) is 13.4. The standard InChI is InChI=1S/C14H16ClN3O2/c15-10-3-5-18-11(7-10)13(14(19)20)17-12(18)6-9-2-1-4-16-8-9/h3,5,7,9,16H,1-2,4,6,8H2,(H,19,20). The van der Waals surface area contributed by atoms with Crippen LogP contribution in [-0.2, 0) is 6.42 Å². The van der Waals surface area contributed by atoms with Crippen LogP contribution in [0.4, 0.5) is 0 Å². The van der Waals surface area contributed by atoms with E-state index in [0.29, 0.717) is 16.5 Å². The van der Waals surface area contributed by atoms with Gasteiger partial charge in [0, 0.05) is 17.6 Å². The molecule has 20 heavy (non-hydrogen) atoms. The van der Waals surface area contributed by atoms with Gasteiger partial charge in [-0.25, -0.2) is 9.78 Å². The largest absolute Gasteiger partial charge is 0.476 e. The molecular weight excluding hydrogens is 278 g/mol. The number of pyridine rings is 1. The van der Waals surface area contributed by atoms with Gasteiger partial charge in [-0.05, 0) is 44.0 Å². The van der Waals surface area contributed by atoms with Crippen molar-refractivity contribution in [3.8, 4) is 0 Å². The third kappa shape index (κ3) is 2.51. The number of hydrogen-bond acceptors (Lipinski definition) is 3. The first-order valence-corrected chi connectivity index (χ1v) is 7.13. The second-order valence-corrected chi connectivity index (χ2v) is 5.63. The average molecular weight is 294 g/mol. The maximum absolute atomic E-state index is 11.3. The monoisotopic (exact) mass is 293 g/mol. The van der Waals surface area contributed by atoms with E-state index in [1.165, 1.54) is 0 Å². The molecule has 0 amide bonds. The minimum Gasteiger partial charge on any atom is -0.476 e. The number of rotatable bonds is 3. The van der Waals surface area contributed by atoms with Crippen molar-refractivity contribution in [1.29, 1.82) is 0 Å². The smallest absolute Gasteiger partial charge is 0.356 e. The Morgan fingerprint density at radius 3 is 3.15 bits per heavy atom. The molecule has 5 nitrogen and oxygen atoms in total. The third-order valence-corrected chi connectivity index (χ3v) is 3.99. The second-order valence-electron chi connectivity index (χ2n) is 5.20. The van der Waals surface area contributed by atoms with Crippen LogP contribution < -0.4 is 5.32 Å². The molecule has 1 saturated heterocycles. The summed E-state index contributed by atoms with van der Waals surface area (Å²) in [4.78, 5) is 15.6.